The number of thioether (sulfide) groups is 1. The van der Waals surface area contributed by atoms with Crippen molar-refractivity contribution < 1.29 is 14.3 Å². The zero-order valence-electron chi connectivity index (χ0n) is 19.3. The topological polar surface area (TPSA) is 86.1 Å². The molecule has 0 bridgehead atoms. The molecule has 2 aromatic rings. The molecule has 0 aliphatic heterocycles. The molecule has 32 heavy (non-hydrogen) atoms. The van der Waals surface area contributed by atoms with E-state index in [4.69, 9.17) is 4.74 Å². The summed E-state index contributed by atoms with van der Waals surface area (Å²) >= 11 is 2.80. The number of carbonyl (C=O) groups is 2. The third-order valence-electron chi connectivity index (χ3n) is 5.82. The van der Waals surface area contributed by atoms with Crippen LogP contribution in [0.15, 0.2) is 11.2 Å². The fourth-order valence-electron chi connectivity index (χ4n) is 4.10. The zero-order chi connectivity index (χ0) is 22.9. The summed E-state index contributed by atoms with van der Waals surface area (Å²) in [5, 5.41) is 13.0. The number of ether oxygens (including phenoxy) is 1. The SMILES string of the molecule is CCOC(=O)c1cc(CC)sc1NC(=O)CSc1nnc(CCC2CCCCC2)n1CC. The van der Waals surface area contributed by atoms with Gasteiger partial charge >= 0.3 is 5.97 Å². The number of thiophene rings is 1. The van der Waals surface area contributed by atoms with E-state index in [1.807, 2.05) is 6.92 Å². The first-order valence-corrected chi connectivity index (χ1v) is 13.5. The highest BCUT2D eigenvalue weighted by molar-refractivity contribution is 7.99. The molecule has 0 radical (unpaired) electrons. The Hall–Kier alpha value is -1.87. The van der Waals surface area contributed by atoms with Crippen LogP contribution in [-0.4, -0.2) is 39.0 Å². The Labute approximate surface area is 198 Å². The van der Waals surface area contributed by atoms with Gasteiger partial charge in [0.2, 0.25) is 5.91 Å². The molecular weight excluding hydrogens is 444 g/mol. The molecule has 7 nitrogen and oxygen atoms in total. The molecule has 0 aromatic carbocycles. The first kappa shape index (κ1) is 24.8. The highest BCUT2D eigenvalue weighted by atomic mass is 32.2. The van der Waals surface area contributed by atoms with Crippen LogP contribution in [0.5, 0.6) is 0 Å². The molecular formula is C23H34N4O3S2. The van der Waals surface area contributed by atoms with Gasteiger partial charge in [0.05, 0.1) is 17.9 Å². The molecule has 0 unspecified atom stereocenters. The van der Waals surface area contributed by atoms with Gasteiger partial charge in [-0.2, -0.15) is 0 Å². The van der Waals surface area contributed by atoms with E-state index >= 15 is 0 Å². The second-order valence-electron chi connectivity index (χ2n) is 8.05. The molecule has 1 N–H and O–H groups in total. The monoisotopic (exact) mass is 478 g/mol. The van der Waals surface area contributed by atoms with Crippen molar-refractivity contribution in [3.05, 3.63) is 22.3 Å². The summed E-state index contributed by atoms with van der Waals surface area (Å²) in [6.45, 7) is 6.96. The fourth-order valence-corrected chi connectivity index (χ4v) is 5.92. The van der Waals surface area contributed by atoms with Crippen molar-refractivity contribution >= 4 is 40.0 Å². The van der Waals surface area contributed by atoms with Crippen LogP contribution in [0.4, 0.5) is 5.00 Å². The Morgan fingerprint density at radius 2 is 2.00 bits per heavy atom. The summed E-state index contributed by atoms with van der Waals surface area (Å²) in [7, 11) is 0. The number of aromatic nitrogens is 3. The van der Waals surface area contributed by atoms with Gasteiger partial charge in [-0.3, -0.25) is 4.79 Å². The second kappa shape index (κ2) is 12.4. The molecule has 0 saturated heterocycles. The van der Waals surface area contributed by atoms with E-state index in [2.05, 4.69) is 27.0 Å². The van der Waals surface area contributed by atoms with Crippen molar-refractivity contribution in [1.82, 2.24) is 14.8 Å². The third kappa shape index (κ3) is 6.57. The van der Waals surface area contributed by atoms with Gasteiger partial charge in [0.25, 0.3) is 0 Å². The highest BCUT2D eigenvalue weighted by Gasteiger charge is 2.20. The van der Waals surface area contributed by atoms with Crippen molar-refractivity contribution in [3.63, 3.8) is 0 Å². The number of hydrogen-bond acceptors (Lipinski definition) is 7. The van der Waals surface area contributed by atoms with Crippen LogP contribution in [0.3, 0.4) is 0 Å². The van der Waals surface area contributed by atoms with Gasteiger partial charge in [0, 0.05) is 17.8 Å². The molecule has 0 spiro atoms. The first-order valence-electron chi connectivity index (χ1n) is 11.7. The normalized spacial score (nSPS) is 14.5. The predicted molar refractivity (Wildman–Crippen MR) is 130 cm³/mol. The van der Waals surface area contributed by atoms with E-state index in [9.17, 15) is 9.59 Å². The lowest BCUT2D eigenvalue weighted by atomic mass is 9.86. The number of carbonyl (C=O) groups excluding carboxylic acids is 2. The molecule has 176 valence electrons. The Kier molecular flexibility index (Phi) is 9.59. The predicted octanol–water partition coefficient (Wildman–Crippen LogP) is 5.34. The zero-order valence-corrected chi connectivity index (χ0v) is 20.9. The standard InChI is InChI=1S/C23H34N4O3S2/c1-4-17-14-18(22(29)30-6-3)21(32-17)24-20(28)15-31-23-26-25-19(27(23)5-2)13-12-16-10-8-7-9-11-16/h14,16H,4-13,15H2,1-3H3,(H,24,28). The van der Waals surface area contributed by atoms with Crippen LogP contribution in [0.2, 0.25) is 0 Å². The van der Waals surface area contributed by atoms with E-state index in [1.54, 1.807) is 13.0 Å². The molecule has 1 aliphatic carbocycles. The summed E-state index contributed by atoms with van der Waals surface area (Å²) in [6.07, 6.45) is 9.64. The van der Waals surface area contributed by atoms with Gasteiger partial charge in [-0.05, 0) is 38.7 Å². The van der Waals surface area contributed by atoms with Crippen LogP contribution in [0, 0.1) is 5.92 Å². The van der Waals surface area contributed by atoms with Gasteiger partial charge in [-0.25, -0.2) is 4.79 Å². The quantitative estimate of drug-likeness (QED) is 0.346. The molecule has 1 aliphatic rings. The molecule has 9 heteroatoms. The molecule has 3 rings (SSSR count). The van der Waals surface area contributed by atoms with Crippen molar-refractivity contribution in [2.75, 3.05) is 17.7 Å². The van der Waals surface area contributed by atoms with Crippen molar-refractivity contribution in [2.45, 2.75) is 83.8 Å². The lowest BCUT2D eigenvalue weighted by molar-refractivity contribution is -0.113. The van der Waals surface area contributed by atoms with E-state index < -0.39 is 5.97 Å². The summed E-state index contributed by atoms with van der Waals surface area (Å²) in [6, 6.07) is 1.80. The minimum absolute atomic E-state index is 0.167. The van der Waals surface area contributed by atoms with Crippen LogP contribution >= 0.6 is 23.1 Å². The number of anilines is 1. The van der Waals surface area contributed by atoms with Crippen LogP contribution in [0.25, 0.3) is 0 Å². The van der Waals surface area contributed by atoms with Crippen molar-refractivity contribution in [2.24, 2.45) is 5.92 Å². The number of aryl methyl sites for hydroxylation is 2. The number of rotatable bonds is 11. The smallest absolute Gasteiger partial charge is 0.341 e. The maximum Gasteiger partial charge on any atom is 0.341 e. The first-order chi connectivity index (χ1) is 15.5. The lowest BCUT2D eigenvalue weighted by Crippen LogP contribution is -2.16. The van der Waals surface area contributed by atoms with Crippen molar-refractivity contribution in [1.29, 1.82) is 0 Å². The van der Waals surface area contributed by atoms with Crippen LogP contribution < -0.4 is 5.32 Å². The molecule has 1 amide bonds. The van der Waals surface area contributed by atoms with Crippen molar-refractivity contribution in [3.8, 4) is 0 Å². The number of nitrogens with zero attached hydrogens (tertiary/aromatic N) is 3. The van der Waals surface area contributed by atoms with E-state index in [-0.39, 0.29) is 11.7 Å². The Morgan fingerprint density at radius 3 is 2.69 bits per heavy atom. The summed E-state index contributed by atoms with van der Waals surface area (Å²) in [4.78, 5) is 25.9. The average molecular weight is 479 g/mol. The number of nitrogens with one attached hydrogen (secondary N) is 1. The number of hydrogen-bond donors (Lipinski definition) is 1. The van der Waals surface area contributed by atoms with Crippen LogP contribution in [0.1, 0.15) is 80.4 Å². The number of amides is 1. The minimum atomic E-state index is -0.403. The molecule has 2 heterocycles. The van der Waals surface area contributed by atoms with Gasteiger partial charge in [-0.15, -0.1) is 21.5 Å². The lowest BCUT2D eigenvalue weighted by Gasteiger charge is -2.21. The molecule has 2 aromatic heterocycles. The number of esters is 1. The minimum Gasteiger partial charge on any atom is -0.462 e. The van der Waals surface area contributed by atoms with Crippen LogP contribution in [-0.2, 0) is 28.9 Å². The summed E-state index contributed by atoms with van der Waals surface area (Å²) < 4.78 is 7.24. The molecule has 1 fully saturated rings. The maximum absolute atomic E-state index is 12.6. The third-order valence-corrected chi connectivity index (χ3v) is 7.98. The fraction of sp³-hybridized carbons (Fsp3) is 0.652. The largest absolute Gasteiger partial charge is 0.462 e. The average Bonchev–Trinajstić information content (AvgIpc) is 3.40. The Morgan fingerprint density at radius 1 is 1.22 bits per heavy atom. The summed E-state index contributed by atoms with van der Waals surface area (Å²) in [5.74, 6) is 1.46. The van der Waals surface area contributed by atoms with Gasteiger partial charge < -0.3 is 14.6 Å². The molecule has 0 atom stereocenters. The van der Waals surface area contributed by atoms with E-state index in [1.165, 1.54) is 55.2 Å². The Bertz CT molecular complexity index is 903. The van der Waals surface area contributed by atoms with Gasteiger partial charge in [0.15, 0.2) is 5.16 Å². The van der Waals surface area contributed by atoms with E-state index in [0.29, 0.717) is 17.2 Å². The van der Waals surface area contributed by atoms with Gasteiger partial charge in [0.1, 0.15) is 10.8 Å². The van der Waals surface area contributed by atoms with E-state index in [0.717, 1.165) is 47.6 Å². The Balaban J connectivity index is 1.57. The van der Waals surface area contributed by atoms with Gasteiger partial charge in [-0.1, -0.05) is 50.8 Å². The summed E-state index contributed by atoms with van der Waals surface area (Å²) in [5.41, 5.74) is 0.425. The highest BCUT2D eigenvalue weighted by Crippen LogP contribution is 2.30. The maximum atomic E-state index is 12.6. The second-order valence-corrected chi connectivity index (χ2v) is 10.1. The molecule has 1 saturated carbocycles.